The molecule has 6 nitrogen and oxygen atoms in total. The molecule has 1 aliphatic heterocycles. The summed E-state index contributed by atoms with van der Waals surface area (Å²) in [7, 11) is 1.34. The monoisotopic (exact) mass is 317 g/mol. The zero-order chi connectivity index (χ0) is 16.1. The maximum Gasteiger partial charge on any atom is 0.337 e. The van der Waals surface area contributed by atoms with Crippen molar-refractivity contribution in [3.05, 3.63) is 41.1 Å². The molecule has 0 saturated carbocycles. The number of rotatable bonds is 4. The van der Waals surface area contributed by atoms with E-state index in [1.165, 1.54) is 7.11 Å². The van der Waals surface area contributed by atoms with Gasteiger partial charge in [0.1, 0.15) is 11.8 Å². The van der Waals surface area contributed by atoms with Crippen LogP contribution in [0.5, 0.6) is 5.75 Å². The number of thiocarbonyl (C=S) groups is 1. The average Bonchev–Trinajstić information content (AvgIpc) is 2.52. The van der Waals surface area contributed by atoms with Gasteiger partial charge in [-0.05, 0) is 36.8 Å². The molecule has 0 aromatic heterocycles. The van der Waals surface area contributed by atoms with Gasteiger partial charge in [-0.25, -0.2) is 4.79 Å². The van der Waals surface area contributed by atoms with Gasteiger partial charge >= 0.3 is 5.97 Å². The minimum Gasteiger partial charge on any atom is -0.479 e. The Morgan fingerprint density at radius 3 is 2.68 bits per heavy atom. The number of allylic oxidation sites excluding steroid dienone is 1. The predicted molar refractivity (Wildman–Crippen MR) is 83.9 cm³/mol. The van der Waals surface area contributed by atoms with Gasteiger partial charge in [-0.1, -0.05) is 12.1 Å². The lowest BCUT2D eigenvalue weighted by Gasteiger charge is -2.29. The van der Waals surface area contributed by atoms with E-state index < -0.39 is 12.0 Å². The van der Waals surface area contributed by atoms with Gasteiger partial charge < -0.3 is 20.1 Å². The molecule has 0 unspecified atom stereocenters. The molecule has 1 aromatic rings. The summed E-state index contributed by atoms with van der Waals surface area (Å²) in [6.45, 7) is 1.76. The van der Waals surface area contributed by atoms with Crippen LogP contribution in [0.4, 0.5) is 0 Å². The van der Waals surface area contributed by atoms with Crippen molar-refractivity contribution in [1.29, 1.82) is 5.26 Å². The first kappa shape index (κ1) is 15.8. The van der Waals surface area contributed by atoms with Crippen LogP contribution in [0.2, 0.25) is 0 Å². The highest BCUT2D eigenvalue weighted by molar-refractivity contribution is 7.80. The zero-order valence-corrected chi connectivity index (χ0v) is 13.0. The summed E-state index contributed by atoms with van der Waals surface area (Å²) in [6.07, 6.45) is 0. The third-order valence-corrected chi connectivity index (χ3v) is 3.41. The largest absolute Gasteiger partial charge is 0.479 e. The van der Waals surface area contributed by atoms with Gasteiger partial charge in [-0.15, -0.1) is 0 Å². The molecule has 0 aliphatic carbocycles. The molecule has 0 fully saturated rings. The van der Waals surface area contributed by atoms with Crippen molar-refractivity contribution in [1.82, 2.24) is 10.6 Å². The Balaban J connectivity index is 2.32. The van der Waals surface area contributed by atoms with Crippen molar-refractivity contribution in [2.24, 2.45) is 0 Å². The molecule has 0 amide bonds. The molecular weight excluding hydrogens is 302 g/mol. The minimum absolute atomic E-state index is 0.0124. The zero-order valence-electron chi connectivity index (χ0n) is 12.2. The first-order valence-corrected chi connectivity index (χ1v) is 6.94. The number of nitrogens with zero attached hydrogens (tertiary/aromatic N) is 1. The molecule has 1 aliphatic rings. The van der Waals surface area contributed by atoms with Gasteiger partial charge in [0, 0.05) is 5.70 Å². The van der Waals surface area contributed by atoms with E-state index in [2.05, 4.69) is 10.6 Å². The van der Waals surface area contributed by atoms with Gasteiger partial charge in [0.15, 0.2) is 11.7 Å². The minimum atomic E-state index is -0.421. The van der Waals surface area contributed by atoms with Gasteiger partial charge in [-0.2, -0.15) is 5.26 Å². The van der Waals surface area contributed by atoms with Gasteiger partial charge in [-0.3, -0.25) is 0 Å². The van der Waals surface area contributed by atoms with Crippen LogP contribution in [0, 0.1) is 11.3 Å². The average molecular weight is 317 g/mol. The van der Waals surface area contributed by atoms with Crippen LogP contribution in [-0.4, -0.2) is 24.8 Å². The van der Waals surface area contributed by atoms with E-state index in [4.69, 9.17) is 27.0 Å². The highest BCUT2D eigenvalue weighted by Gasteiger charge is 2.30. The number of hydrogen-bond acceptors (Lipinski definition) is 5. The second kappa shape index (κ2) is 6.91. The van der Waals surface area contributed by atoms with E-state index in [1.807, 2.05) is 18.2 Å². The van der Waals surface area contributed by atoms with E-state index in [0.717, 1.165) is 5.56 Å². The normalized spacial score (nSPS) is 17.1. The Morgan fingerprint density at radius 2 is 2.09 bits per heavy atom. The van der Waals surface area contributed by atoms with Crippen molar-refractivity contribution < 1.29 is 14.3 Å². The summed E-state index contributed by atoms with van der Waals surface area (Å²) in [6, 6.07) is 8.62. The lowest BCUT2D eigenvalue weighted by molar-refractivity contribution is -0.136. The Kier molecular flexibility index (Phi) is 4.96. The second-order valence-electron chi connectivity index (χ2n) is 4.58. The highest BCUT2D eigenvalue weighted by atomic mass is 32.1. The molecule has 0 radical (unpaired) electrons. The number of hydrogen-bond donors (Lipinski definition) is 2. The second-order valence-corrected chi connectivity index (χ2v) is 4.99. The third-order valence-electron chi connectivity index (χ3n) is 3.19. The van der Waals surface area contributed by atoms with Crippen LogP contribution < -0.4 is 15.4 Å². The fourth-order valence-electron chi connectivity index (χ4n) is 2.20. The van der Waals surface area contributed by atoms with Crippen LogP contribution in [0.25, 0.3) is 0 Å². The summed E-state index contributed by atoms with van der Waals surface area (Å²) >= 11 is 5.15. The number of carbonyl (C=O) groups is 1. The fraction of sp³-hybridized carbons (Fsp3) is 0.267. The Bertz CT molecular complexity index is 662. The quantitative estimate of drug-likeness (QED) is 0.644. The maximum atomic E-state index is 12.0. The number of esters is 1. The van der Waals surface area contributed by atoms with Crippen molar-refractivity contribution in [2.75, 3.05) is 13.7 Å². The Hall–Kier alpha value is -2.59. The smallest absolute Gasteiger partial charge is 0.337 e. The summed E-state index contributed by atoms with van der Waals surface area (Å²) in [4.78, 5) is 12.0. The van der Waals surface area contributed by atoms with Crippen LogP contribution in [0.1, 0.15) is 18.5 Å². The molecule has 0 spiro atoms. The number of nitrogens with one attached hydrogen (secondary N) is 2. The van der Waals surface area contributed by atoms with E-state index >= 15 is 0 Å². The first-order valence-electron chi connectivity index (χ1n) is 6.53. The molecule has 1 heterocycles. The lowest BCUT2D eigenvalue weighted by atomic mass is 9.95. The lowest BCUT2D eigenvalue weighted by Crippen LogP contribution is -2.45. The Morgan fingerprint density at radius 1 is 1.41 bits per heavy atom. The molecule has 1 aromatic carbocycles. The fourth-order valence-corrected chi connectivity index (χ4v) is 2.47. The van der Waals surface area contributed by atoms with Crippen molar-refractivity contribution in [2.45, 2.75) is 13.0 Å². The summed E-state index contributed by atoms with van der Waals surface area (Å²) in [5.41, 5.74) is 1.97. The van der Waals surface area contributed by atoms with Crippen molar-refractivity contribution >= 4 is 23.3 Å². The van der Waals surface area contributed by atoms with Crippen LogP contribution in [0.15, 0.2) is 35.5 Å². The molecule has 114 valence electrons. The predicted octanol–water partition coefficient (Wildman–Crippen LogP) is 1.55. The van der Waals surface area contributed by atoms with E-state index in [-0.39, 0.29) is 6.61 Å². The summed E-state index contributed by atoms with van der Waals surface area (Å²) in [5, 5.41) is 14.9. The first-order chi connectivity index (χ1) is 10.6. The van der Waals surface area contributed by atoms with E-state index in [1.54, 1.807) is 19.1 Å². The van der Waals surface area contributed by atoms with Crippen LogP contribution >= 0.6 is 12.2 Å². The Labute approximate surface area is 133 Å². The van der Waals surface area contributed by atoms with Crippen LogP contribution in [-0.2, 0) is 9.53 Å². The number of benzene rings is 1. The molecular formula is C15H15N3O3S. The molecule has 0 saturated heterocycles. The van der Waals surface area contributed by atoms with E-state index in [9.17, 15) is 4.79 Å². The molecule has 0 bridgehead atoms. The van der Waals surface area contributed by atoms with Gasteiger partial charge in [0.25, 0.3) is 0 Å². The topological polar surface area (TPSA) is 83.4 Å². The SMILES string of the molecule is COC(=O)C1=C(C)NC(=S)N[C@@H]1c1ccc(OCC#N)cc1. The van der Waals surface area contributed by atoms with E-state index in [0.29, 0.717) is 22.1 Å². The standard InChI is InChI=1S/C15H15N3O3S/c1-9-12(14(19)20-2)13(18-15(22)17-9)10-3-5-11(6-4-10)21-8-7-16/h3-6,13H,8H2,1-2H3,(H2,17,18,22)/t13-/m1/s1. The number of methoxy groups -OCH3 is 1. The summed E-state index contributed by atoms with van der Waals surface area (Å²) in [5.74, 6) is 0.164. The number of nitriles is 1. The highest BCUT2D eigenvalue weighted by Crippen LogP contribution is 2.28. The number of ether oxygens (including phenoxy) is 2. The maximum absolute atomic E-state index is 12.0. The summed E-state index contributed by atoms with van der Waals surface area (Å²) < 4.78 is 10.1. The molecule has 2 N–H and O–H groups in total. The van der Waals surface area contributed by atoms with Crippen molar-refractivity contribution in [3.8, 4) is 11.8 Å². The molecule has 22 heavy (non-hydrogen) atoms. The molecule has 1 atom stereocenters. The van der Waals surface area contributed by atoms with Gasteiger partial charge in [0.2, 0.25) is 0 Å². The molecule has 2 rings (SSSR count). The third kappa shape index (κ3) is 3.35. The van der Waals surface area contributed by atoms with Crippen LogP contribution in [0.3, 0.4) is 0 Å². The number of carbonyl (C=O) groups excluding carboxylic acids is 1. The van der Waals surface area contributed by atoms with Gasteiger partial charge in [0.05, 0.1) is 18.7 Å². The van der Waals surface area contributed by atoms with Crippen molar-refractivity contribution in [3.63, 3.8) is 0 Å². The molecule has 7 heteroatoms.